The van der Waals surface area contributed by atoms with E-state index in [9.17, 15) is 9.59 Å². The second-order valence-corrected chi connectivity index (χ2v) is 10.8. The summed E-state index contributed by atoms with van der Waals surface area (Å²) in [4.78, 5) is 36.2. The maximum absolute atomic E-state index is 13.3. The number of Topliss-reactive ketones (excluding diaryl/α,β-unsaturated/α-hetero) is 1. The molecule has 0 unspecified atom stereocenters. The summed E-state index contributed by atoms with van der Waals surface area (Å²) in [6, 6.07) is 14.8. The molecule has 0 saturated heterocycles. The Bertz CT molecular complexity index is 1040. The zero-order valence-electron chi connectivity index (χ0n) is 25.4. The first kappa shape index (κ1) is 34.3. The molecule has 2 rings (SSSR count). The molecule has 1 amide bonds. The Morgan fingerprint density at radius 1 is 1.05 bits per heavy atom. The van der Waals surface area contributed by atoms with Gasteiger partial charge in [-0.3, -0.25) is 14.8 Å². The molecule has 2 N–H and O–H groups in total. The van der Waals surface area contributed by atoms with Crippen LogP contribution in [0.15, 0.2) is 72.0 Å². The van der Waals surface area contributed by atoms with E-state index in [1.54, 1.807) is 6.20 Å². The predicted molar refractivity (Wildman–Crippen MR) is 164 cm³/mol. The van der Waals surface area contributed by atoms with E-state index in [1.807, 2.05) is 67.4 Å². The quantitative estimate of drug-likeness (QED) is 0.233. The van der Waals surface area contributed by atoms with Gasteiger partial charge in [0.25, 0.3) is 0 Å². The van der Waals surface area contributed by atoms with E-state index in [2.05, 4.69) is 61.8 Å². The summed E-state index contributed by atoms with van der Waals surface area (Å²) >= 11 is 0. The van der Waals surface area contributed by atoms with Crippen LogP contribution in [-0.4, -0.2) is 60.3 Å². The van der Waals surface area contributed by atoms with Crippen LogP contribution >= 0.6 is 0 Å². The second-order valence-electron chi connectivity index (χ2n) is 10.8. The number of ether oxygens (including phenoxy) is 1. The Hall–Kier alpha value is -3.68. The lowest BCUT2D eigenvalue weighted by Gasteiger charge is -2.26. The van der Waals surface area contributed by atoms with Crippen molar-refractivity contribution in [3.8, 4) is 0 Å². The summed E-state index contributed by atoms with van der Waals surface area (Å²) < 4.78 is 5.24. The van der Waals surface area contributed by atoms with Crippen LogP contribution in [0.5, 0.6) is 0 Å². The zero-order valence-corrected chi connectivity index (χ0v) is 25.4. The molecule has 0 fully saturated rings. The Balaban J connectivity index is 0.00000187. The van der Waals surface area contributed by atoms with Gasteiger partial charge in [-0.15, -0.1) is 0 Å². The van der Waals surface area contributed by atoms with Crippen molar-refractivity contribution >= 4 is 17.7 Å². The number of ketones is 1. The minimum Gasteiger partial charge on any atom is -0.445 e. The Morgan fingerprint density at radius 3 is 2.27 bits per heavy atom. The van der Waals surface area contributed by atoms with Gasteiger partial charge in [-0.2, -0.15) is 0 Å². The van der Waals surface area contributed by atoms with Gasteiger partial charge in [0.05, 0.1) is 19.1 Å². The number of nitrogens with one attached hydrogen (secondary N) is 2. The van der Waals surface area contributed by atoms with Gasteiger partial charge in [0.15, 0.2) is 5.78 Å². The number of benzene rings is 1. The largest absolute Gasteiger partial charge is 0.445 e. The van der Waals surface area contributed by atoms with E-state index in [-0.39, 0.29) is 25.5 Å². The number of pyridine rings is 1. The van der Waals surface area contributed by atoms with Crippen molar-refractivity contribution in [3.63, 3.8) is 0 Å². The maximum Gasteiger partial charge on any atom is 0.407 e. The zero-order chi connectivity index (χ0) is 29.9. The lowest BCUT2D eigenvalue weighted by Crippen LogP contribution is -2.45. The number of carbonyl (C=O) groups is 2. The average molecular weight is 552 g/mol. The van der Waals surface area contributed by atoms with Crippen LogP contribution in [0.4, 0.5) is 4.79 Å². The molecule has 0 aliphatic heterocycles. The molecule has 1 atom stereocenters. The topological polar surface area (TPSA) is 95.9 Å². The Kier molecular flexibility index (Phi) is 16.6. The normalized spacial score (nSPS) is 11.8. The summed E-state index contributed by atoms with van der Waals surface area (Å²) in [7, 11) is 1.88. The van der Waals surface area contributed by atoms with Gasteiger partial charge in [-0.1, -0.05) is 77.6 Å². The molecule has 220 valence electrons. The summed E-state index contributed by atoms with van der Waals surface area (Å²) in [5, 5.41) is 5.89. The fraction of sp³-hybridized carbons (Fsp3) is 0.500. The molecule has 0 saturated carbocycles. The molecule has 8 heteroatoms. The van der Waals surface area contributed by atoms with Crippen molar-refractivity contribution in [2.75, 3.05) is 26.7 Å². The third kappa shape index (κ3) is 15.7. The van der Waals surface area contributed by atoms with Crippen molar-refractivity contribution < 1.29 is 14.3 Å². The van der Waals surface area contributed by atoms with E-state index in [0.717, 1.165) is 23.0 Å². The van der Waals surface area contributed by atoms with Gasteiger partial charge in [0, 0.05) is 37.6 Å². The lowest BCUT2D eigenvalue weighted by atomic mass is 9.99. The summed E-state index contributed by atoms with van der Waals surface area (Å²) in [5.41, 5.74) is 2.36. The van der Waals surface area contributed by atoms with Crippen LogP contribution in [-0.2, 0) is 22.6 Å². The van der Waals surface area contributed by atoms with Crippen LogP contribution < -0.4 is 10.6 Å². The molecule has 1 aromatic heterocycles. The number of nitrogens with zero attached hydrogens (tertiary/aromatic N) is 3. The van der Waals surface area contributed by atoms with Crippen LogP contribution in [0.1, 0.15) is 59.2 Å². The molecule has 0 spiro atoms. The molecule has 0 bridgehead atoms. The standard InChI is InChI=1S/C28H39N5O3.C4H10/c1-6-29-27(17-24-14-10-11-15-30-24)33(5)19-26(34)25(16-21(2)3)32-22(4)18-31-28(35)36-20-23-12-8-7-9-13-23;1-4(2)3/h7-15,21,25,32H,4,6,16-20H2,1-3,5H3,(H,31,35);4H,1-3H3/t25-;/m0./s1. The molecule has 1 heterocycles. The average Bonchev–Trinajstić information content (AvgIpc) is 2.90. The number of hydrogen-bond acceptors (Lipinski definition) is 6. The van der Waals surface area contributed by atoms with Gasteiger partial charge in [-0.25, -0.2) is 4.79 Å². The van der Waals surface area contributed by atoms with E-state index < -0.39 is 12.1 Å². The molecule has 0 radical (unpaired) electrons. The highest BCUT2D eigenvalue weighted by Crippen LogP contribution is 2.09. The van der Waals surface area contributed by atoms with Crippen LogP contribution in [0.3, 0.4) is 0 Å². The third-order valence-electron chi connectivity index (χ3n) is 5.37. The lowest BCUT2D eigenvalue weighted by molar-refractivity contribution is -0.121. The predicted octanol–water partition coefficient (Wildman–Crippen LogP) is 5.65. The van der Waals surface area contributed by atoms with E-state index in [0.29, 0.717) is 31.0 Å². The summed E-state index contributed by atoms with van der Waals surface area (Å²) in [6.07, 6.45) is 2.42. The van der Waals surface area contributed by atoms with Crippen molar-refractivity contribution in [1.82, 2.24) is 20.5 Å². The molecule has 0 aliphatic rings. The maximum atomic E-state index is 13.3. The van der Waals surface area contributed by atoms with Gasteiger partial charge in [-0.05, 0) is 42.9 Å². The highest BCUT2D eigenvalue weighted by atomic mass is 16.5. The van der Waals surface area contributed by atoms with Crippen molar-refractivity contribution in [2.45, 2.75) is 67.0 Å². The van der Waals surface area contributed by atoms with Crippen molar-refractivity contribution in [1.29, 1.82) is 0 Å². The molecular weight excluding hydrogens is 502 g/mol. The van der Waals surface area contributed by atoms with Crippen LogP contribution in [0, 0.1) is 11.8 Å². The number of aromatic nitrogens is 1. The minimum absolute atomic E-state index is 0.0313. The number of aliphatic imine (C=N–C) groups is 1. The van der Waals surface area contributed by atoms with E-state index >= 15 is 0 Å². The van der Waals surface area contributed by atoms with Crippen molar-refractivity contribution in [3.05, 3.63) is 78.3 Å². The Morgan fingerprint density at radius 2 is 1.70 bits per heavy atom. The van der Waals surface area contributed by atoms with Crippen LogP contribution in [0.25, 0.3) is 0 Å². The fourth-order valence-electron chi connectivity index (χ4n) is 3.59. The highest BCUT2D eigenvalue weighted by Gasteiger charge is 2.23. The fourth-order valence-corrected chi connectivity index (χ4v) is 3.59. The number of amidine groups is 1. The summed E-state index contributed by atoms with van der Waals surface area (Å²) in [6.45, 7) is 17.8. The molecular formula is C32H49N5O3. The molecule has 0 aliphatic carbocycles. The van der Waals surface area contributed by atoms with Crippen LogP contribution in [0.2, 0.25) is 0 Å². The number of amides is 1. The van der Waals surface area contributed by atoms with Crippen molar-refractivity contribution in [2.24, 2.45) is 16.8 Å². The molecule has 8 nitrogen and oxygen atoms in total. The van der Waals surface area contributed by atoms with E-state index in [1.165, 1.54) is 0 Å². The number of hydrogen-bond donors (Lipinski definition) is 2. The second kappa shape index (κ2) is 19.4. The van der Waals surface area contributed by atoms with Gasteiger partial charge >= 0.3 is 6.09 Å². The third-order valence-corrected chi connectivity index (χ3v) is 5.37. The van der Waals surface area contributed by atoms with Gasteiger partial charge in [0.1, 0.15) is 12.4 Å². The Labute approximate surface area is 241 Å². The smallest absolute Gasteiger partial charge is 0.407 e. The first-order valence-electron chi connectivity index (χ1n) is 14.1. The van der Waals surface area contributed by atoms with Gasteiger partial charge < -0.3 is 20.3 Å². The first-order chi connectivity index (χ1) is 19.0. The van der Waals surface area contributed by atoms with E-state index in [4.69, 9.17) is 4.74 Å². The SMILES string of the molecule is C=C(CNC(=O)OCc1ccccc1)N[C@@H](CC(C)C)C(=O)CN(C)C(Cc1ccccn1)=NCC.CC(C)C. The molecule has 2 aromatic rings. The minimum atomic E-state index is -0.539. The molecule has 1 aromatic carbocycles. The summed E-state index contributed by atoms with van der Waals surface area (Å²) in [5.74, 6) is 1.98. The molecule has 40 heavy (non-hydrogen) atoms. The number of likely N-dealkylation sites (N-methyl/N-ethyl adjacent to an activating group) is 1. The highest BCUT2D eigenvalue weighted by molar-refractivity contribution is 5.92. The number of alkyl carbamates (subject to hydrolysis) is 1. The number of rotatable bonds is 14. The van der Waals surface area contributed by atoms with Gasteiger partial charge in [0.2, 0.25) is 0 Å². The number of carbonyl (C=O) groups excluding carboxylic acids is 2. The first-order valence-corrected chi connectivity index (χ1v) is 14.1. The monoisotopic (exact) mass is 551 g/mol.